The Labute approximate surface area is 137 Å². The molecule has 0 radical (unpaired) electrons. The van der Waals surface area contributed by atoms with E-state index in [1.54, 1.807) is 0 Å². The minimum Gasteiger partial charge on any atom is -0.790 e. The van der Waals surface area contributed by atoms with Gasteiger partial charge in [-0.05, 0) is 20.8 Å². The van der Waals surface area contributed by atoms with Crippen LogP contribution in [0.3, 0.4) is 0 Å². The van der Waals surface area contributed by atoms with Gasteiger partial charge in [-0.3, -0.25) is 0 Å². The Kier molecular flexibility index (Phi) is 10.4. The summed E-state index contributed by atoms with van der Waals surface area (Å²) >= 11 is 0. The molecule has 2 aromatic heterocycles. The topological polar surface area (TPSA) is 90.0 Å². The minimum absolute atomic E-state index is 0.0791. The molecule has 0 saturated heterocycles. The molecule has 0 amide bonds. The average Bonchev–Trinajstić information content (AvgIpc) is 3.07. The lowest BCUT2D eigenvalue weighted by Crippen LogP contribution is -2.23. The molecule has 2 aromatic rings. The molecule has 0 aliphatic rings. The van der Waals surface area contributed by atoms with Crippen molar-refractivity contribution in [2.45, 2.75) is 33.9 Å². The second-order valence-electron chi connectivity index (χ2n) is 4.68. The van der Waals surface area contributed by atoms with Crippen molar-refractivity contribution >= 4 is 7.82 Å². The predicted octanol–water partition coefficient (Wildman–Crippen LogP) is -0.483. The summed E-state index contributed by atoms with van der Waals surface area (Å²) in [4.78, 5) is 19.0. The van der Waals surface area contributed by atoms with Gasteiger partial charge in [0.1, 0.15) is 24.8 Å². The van der Waals surface area contributed by atoms with Crippen LogP contribution in [0.1, 0.15) is 20.8 Å². The van der Waals surface area contributed by atoms with Crippen LogP contribution in [0, 0.1) is 0 Å². The van der Waals surface area contributed by atoms with Gasteiger partial charge in [-0.15, -0.1) is 0 Å². The van der Waals surface area contributed by atoms with E-state index < -0.39 is 7.82 Å². The maximum Gasteiger partial charge on any atom is 0.243 e. The van der Waals surface area contributed by atoms with Gasteiger partial charge in [0, 0.05) is 6.61 Å². The zero-order valence-electron chi connectivity index (χ0n) is 14.5. The minimum atomic E-state index is -4.67. The summed E-state index contributed by atoms with van der Waals surface area (Å²) in [6.45, 7) is 7.72. The van der Waals surface area contributed by atoms with E-state index in [1.807, 2.05) is 35.6 Å². The molecule has 0 aromatic carbocycles. The van der Waals surface area contributed by atoms with E-state index in [0.29, 0.717) is 0 Å². The molecule has 0 saturated carbocycles. The standard InChI is InChI=1S/2C6H11N2.C2H7O4P/c2*1-3-8-5-4-7(2)6-8;1-2-6-7(3,4)5/h2*4-6H,3H2,1-2H3;2H2,1H3,(H2,3,4,5)/q2*+1;/p-2. The summed E-state index contributed by atoms with van der Waals surface area (Å²) < 4.78 is 21.5. The Morgan fingerprint density at radius 3 is 1.43 bits per heavy atom. The number of imidazole rings is 2. The number of rotatable bonds is 4. The van der Waals surface area contributed by atoms with Crippen LogP contribution in [0.25, 0.3) is 0 Å². The van der Waals surface area contributed by atoms with Crippen molar-refractivity contribution in [1.29, 1.82) is 0 Å². The first-order valence-corrected chi connectivity index (χ1v) is 8.86. The molecule has 0 spiro atoms. The van der Waals surface area contributed by atoms with Gasteiger partial charge < -0.3 is 18.9 Å². The smallest absolute Gasteiger partial charge is 0.243 e. The average molecular weight is 346 g/mol. The van der Waals surface area contributed by atoms with Crippen molar-refractivity contribution in [3.63, 3.8) is 0 Å². The molecule has 132 valence electrons. The monoisotopic (exact) mass is 346 g/mol. The molecular formula is C14H27N4O4P. The molecular weight excluding hydrogens is 319 g/mol. The van der Waals surface area contributed by atoms with Gasteiger partial charge in [0.05, 0.1) is 35.0 Å². The lowest BCUT2D eigenvalue weighted by Gasteiger charge is -2.27. The van der Waals surface area contributed by atoms with Gasteiger partial charge in [-0.1, -0.05) is 0 Å². The number of hydrogen-bond donors (Lipinski definition) is 0. The van der Waals surface area contributed by atoms with Gasteiger partial charge in [0.25, 0.3) is 0 Å². The lowest BCUT2D eigenvalue weighted by atomic mass is 10.7. The number of aryl methyl sites for hydroxylation is 4. The van der Waals surface area contributed by atoms with Crippen LogP contribution >= 0.6 is 7.82 Å². The molecule has 2 heterocycles. The third-order valence-electron chi connectivity index (χ3n) is 2.66. The van der Waals surface area contributed by atoms with Crippen LogP contribution in [0.5, 0.6) is 0 Å². The van der Waals surface area contributed by atoms with Crippen molar-refractivity contribution in [3.05, 3.63) is 37.4 Å². The third-order valence-corrected chi connectivity index (χ3v) is 3.24. The van der Waals surface area contributed by atoms with E-state index in [4.69, 9.17) is 0 Å². The van der Waals surface area contributed by atoms with Crippen LogP contribution < -0.4 is 18.9 Å². The number of phosphoric ester groups is 1. The van der Waals surface area contributed by atoms with E-state index in [2.05, 4.69) is 52.6 Å². The van der Waals surface area contributed by atoms with Crippen molar-refractivity contribution in [2.75, 3.05) is 6.61 Å². The quantitative estimate of drug-likeness (QED) is 0.552. The van der Waals surface area contributed by atoms with E-state index in [1.165, 1.54) is 6.92 Å². The van der Waals surface area contributed by atoms with Gasteiger partial charge in [-0.25, -0.2) is 18.3 Å². The van der Waals surface area contributed by atoms with E-state index in [0.717, 1.165) is 13.1 Å². The zero-order valence-corrected chi connectivity index (χ0v) is 15.3. The molecule has 2 rings (SSSR count). The fraction of sp³-hybridized carbons (Fsp3) is 0.571. The van der Waals surface area contributed by atoms with Gasteiger partial charge in [0.2, 0.25) is 12.7 Å². The molecule has 0 atom stereocenters. The lowest BCUT2D eigenvalue weighted by molar-refractivity contribution is -0.671. The fourth-order valence-electron chi connectivity index (χ4n) is 1.54. The fourth-order valence-corrected chi connectivity index (χ4v) is 1.85. The van der Waals surface area contributed by atoms with Crippen LogP contribution in [-0.2, 0) is 36.3 Å². The highest BCUT2D eigenvalue weighted by Crippen LogP contribution is 2.23. The van der Waals surface area contributed by atoms with Crippen molar-refractivity contribution in [2.24, 2.45) is 14.1 Å². The highest BCUT2D eigenvalue weighted by atomic mass is 31.2. The van der Waals surface area contributed by atoms with E-state index in [-0.39, 0.29) is 6.61 Å². The Morgan fingerprint density at radius 2 is 1.35 bits per heavy atom. The van der Waals surface area contributed by atoms with Crippen molar-refractivity contribution < 1.29 is 28.0 Å². The number of nitrogens with zero attached hydrogens (tertiary/aromatic N) is 4. The van der Waals surface area contributed by atoms with Crippen LogP contribution in [0.4, 0.5) is 0 Å². The highest BCUT2D eigenvalue weighted by molar-refractivity contribution is 7.43. The van der Waals surface area contributed by atoms with E-state index in [9.17, 15) is 14.4 Å². The SMILES string of the molecule is CCOP(=O)([O-])[O-].CCn1cc[n+](C)c1.CCn1cc[n+](C)c1. The molecule has 8 nitrogen and oxygen atoms in total. The second-order valence-corrected chi connectivity index (χ2v) is 5.84. The summed E-state index contributed by atoms with van der Waals surface area (Å²) in [5.74, 6) is 0. The van der Waals surface area contributed by atoms with Crippen molar-refractivity contribution in [3.8, 4) is 0 Å². The Hall–Kier alpha value is -1.47. The largest absolute Gasteiger partial charge is 0.790 e. The Balaban J connectivity index is 0.000000317. The number of hydrogen-bond acceptors (Lipinski definition) is 4. The Bertz CT molecular complexity index is 551. The van der Waals surface area contributed by atoms with Gasteiger partial charge in [-0.2, -0.15) is 0 Å². The van der Waals surface area contributed by atoms with Crippen LogP contribution in [0.15, 0.2) is 37.4 Å². The van der Waals surface area contributed by atoms with Gasteiger partial charge in [0.15, 0.2) is 0 Å². The summed E-state index contributed by atoms with van der Waals surface area (Å²) in [6, 6.07) is 0. The van der Waals surface area contributed by atoms with Gasteiger partial charge >= 0.3 is 0 Å². The normalized spacial score (nSPS) is 10.4. The summed E-state index contributed by atoms with van der Waals surface area (Å²) in [5.41, 5.74) is 0. The van der Waals surface area contributed by atoms with E-state index >= 15 is 0 Å². The predicted molar refractivity (Wildman–Crippen MR) is 81.8 cm³/mol. The van der Waals surface area contributed by atoms with Crippen LogP contribution in [-0.4, -0.2) is 15.7 Å². The molecule has 0 N–H and O–H groups in total. The Morgan fingerprint density at radius 1 is 0.957 bits per heavy atom. The summed E-state index contributed by atoms with van der Waals surface area (Å²) in [6.07, 6.45) is 12.3. The summed E-state index contributed by atoms with van der Waals surface area (Å²) in [7, 11) is -0.626. The molecule has 0 fully saturated rings. The molecule has 0 aliphatic carbocycles. The summed E-state index contributed by atoms with van der Waals surface area (Å²) in [5, 5.41) is 0. The van der Waals surface area contributed by atoms with Crippen LogP contribution in [0.2, 0.25) is 0 Å². The first-order valence-electron chi connectivity index (χ1n) is 7.40. The maximum atomic E-state index is 9.48. The first-order chi connectivity index (χ1) is 10.7. The highest BCUT2D eigenvalue weighted by Gasteiger charge is 1.93. The second kappa shape index (κ2) is 11.1. The maximum absolute atomic E-state index is 9.48. The molecule has 0 unspecified atom stereocenters. The zero-order chi connectivity index (χ0) is 17.9. The third kappa shape index (κ3) is 11.7. The molecule has 0 aliphatic heterocycles. The number of aromatic nitrogens is 4. The number of phosphoric acid groups is 1. The first kappa shape index (κ1) is 21.5. The molecule has 23 heavy (non-hydrogen) atoms. The molecule has 0 bridgehead atoms. The van der Waals surface area contributed by atoms with Crippen molar-refractivity contribution in [1.82, 2.24) is 9.13 Å². The molecule has 9 heteroatoms.